The molecule has 1 fully saturated rings. The Kier molecular flexibility index (Phi) is 4.38. The number of nitrogens with one attached hydrogen (secondary N) is 1. The lowest BCUT2D eigenvalue weighted by Gasteiger charge is -2.22. The number of carboxylic acids is 1. The van der Waals surface area contributed by atoms with Crippen LogP contribution in [0.4, 0.5) is 5.82 Å². The molecule has 1 aromatic heterocycles. The van der Waals surface area contributed by atoms with Gasteiger partial charge in [-0.25, -0.2) is 9.78 Å². The van der Waals surface area contributed by atoms with E-state index in [2.05, 4.69) is 10.3 Å². The molecule has 2 rings (SSSR count). The zero-order valence-electron chi connectivity index (χ0n) is 9.86. The van der Waals surface area contributed by atoms with E-state index in [1.807, 2.05) is 0 Å². The first-order valence-corrected chi connectivity index (χ1v) is 6.25. The first-order valence-electron chi connectivity index (χ1n) is 5.87. The Morgan fingerprint density at radius 1 is 1.67 bits per heavy atom. The monoisotopic (exact) mass is 270 g/mol. The second-order valence-electron chi connectivity index (χ2n) is 4.32. The summed E-state index contributed by atoms with van der Waals surface area (Å²) < 4.78 is 5.38. The molecule has 1 atom stereocenters. The van der Waals surface area contributed by atoms with E-state index < -0.39 is 5.97 Å². The van der Waals surface area contributed by atoms with Gasteiger partial charge in [-0.3, -0.25) is 0 Å². The van der Waals surface area contributed by atoms with Crippen molar-refractivity contribution >= 4 is 23.4 Å². The van der Waals surface area contributed by atoms with Gasteiger partial charge in [-0.2, -0.15) is 0 Å². The fraction of sp³-hybridized carbons (Fsp3) is 0.500. The van der Waals surface area contributed by atoms with Gasteiger partial charge in [0.1, 0.15) is 5.82 Å². The molecule has 0 radical (unpaired) electrons. The molecule has 0 aliphatic carbocycles. The number of pyridine rings is 1. The maximum atomic E-state index is 10.9. The molecule has 0 spiro atoms. The smallest absolute Gasteiger partial charge is 0.337 e. The van der Waals surface area contributed by atoms with Crippen molar-refractivity contribution in [3.63, 3.8) is 0 Å². The molecule has 0 bridgehead atoms. The third kappa shape index (κ3) is 3.34. The number of aromatic carboxylic acids is 1. The Hall–Kier alpha value is -1.33. The summed E-state index contributed by atoms with van der Waals surface area (Å²) in [7, 11) is 0. The number of halogens is 1. The number of rotatable bonds is 4. The number of anilines is 1. The highest BCUT2D eigenvalue weighted by Gasteiger charge is 2.15. The first-order chi connectivity index (χ1) is 8.66. The Bertz CT molecular complexity index is 433. The maximum absolute atomic E-state index is 10.9. The van der Waals surface area contributed by atoms with Crippen molar-refractivity contribution in [1.29, 1.82) is 0 Å². The summed E-state index contributed by atoms with van der Waals surface area (Å²) in [4.78, 5) is 15.0. The van der Waals surface area contributed by atoms with Gasteiger partial charge in [0, 0.05) is 19.3 Å². The summed E-state index contributed by atoms with van der Waals surface area (Å²) in [5.41, 5.74) is 0.0639. The van der Waals surface area contributed by atoms with Crippen LogP contribution < -0.4 is 5.32 Å². The molecule has 1 aromatic rings. The predicted octanol–water partition coefficient (Wildman–Crippen LogP) is 2.27. The average Bonchev–Trinajstić information content (AvgIpc) is 2.38. The summed E-state index contributed by atoms with van der Waals surface area (Å²) in [5.74, 6) is -0.0710. The molecule has 5 nitrogen and oxygen atoms in total. The zero-order valence-corrected chi connectivity index (χ0v) is 10.6. The highest BCUT2D eigenvalue weighted by molar-refractivity contribution is 6.33. The van der Waals surface area contributed by atoms with E-state index >= 15 is 0 Å². The number of aromatic nitrogens is 1. The van der Waals surface area contributed by atoms with Gasteiger partial charge in [0.05, 0.1) is 17.2 Å². The van der Waals surface area contributed by atoms with E-state index in [1.54, 1.807) is 0 Å². The number of hydrogen-bond acceptors (Lipinski definition) is 4. The zero-order chi connectivity index (χ0) is 13.0. The van der Waals surface area contributed by atoms with Gasteiger partial charge in [0.15, 0.2) is 0 Å². The van der Waals surface area contributed by atoms with Gasteiger partial charge >= 0.3 is 5.97 Å². The van der Waals surface area contributed by atoms with Crippen LogP contribution >= 0.6 is 11.6 Å². The van der Waals surface area contributed by atoms with Crippen molar-refractivity contribution in [3.8, 4) is 0 Å². The molecule has 2 N–H and O–H groups in total. The van der Waals surface area contributed by atoms with Crippen molar-refractivity contribution in [1.82, 2.24) is 4.98 Å². The second-order valence-corrected chi connectivity index (χ2v) is 4.73. The third-order valence-corrected chi connectivity index (χ3v) is 3.21. The van der Waals surface area contributed by atoms with E-state index in [0.717, 1.165) is 32.6 Å². The number of carbonyl (C=O) groups is 1. The van der Waals surface area contributed by atoms with Gasteiger partial charge in [0.2, 0.25) is 0 Å². The quantitative estimate of drug-likeness (QED) is 0.878. The van der Waals surface area contributed by atoms with E-state index in [0.29, 0.717) is 11.7 Å². The van der Waals surface area contributed by atoms with Crippen LogP contribution in [-0.4, -0.2) is 35.8 Å². The molecule has 0 saturated carbocycles. The molecule has 1 saturated heterocycles. The summed E-state index contributed by atoms with van der Waals surface area (Å²) in [6.07, 6.45) is 3.54. The van der Waals surface area contributed by atoms with Gasteiger partial charge in [-0.05, 0) is 24.8 Å². The Balaban J connectivity index is 1.96. The van der Waals surface area contributed by atoms with Gasteiger partial charge in [0.25, 0.3) is 0 Å². The minimum Gasteiger partial charge on any atom is -0.478 e. The van der Waals surface area contributed by atoms with Gasteiger partial charge in [-0.15, -0.1) is 0 Å². The molecule has 1 unspecified atom stereocenters. The average molecular weight is 271 g/mol. The number of nitrogens with zero attached hydrogens (tertiary/aromatic N) is 1. The van der Waals surface area contributed by atoms with Crippen LogP contribution in [-0.2, 0) is 4.74 Å². The summed E-state index contributed by atoms with van der Waals surface area (Å²) in [6.45, 7) is 2.30. The van der Waals surface area contributed by atoms with Gasteiger partial charge in [-0.1, -0.05) is 11.6 Å². The SMILES string of the molecule is O=C(O)c1cc(NCC2CCCOC2)ncc1Cl. The van der Waals surface area contributed by atoms with Crippen molar-refractivity contribution in [2.45, 2.75) is 12.8 Å². The summed E-state index contributed by atoms with van der Waals surface area (Å²) >= 11 is 5.75. The minimum atomic E-state index is -1.05. The highest BCUT2D eigenvalue weighted by Crippen LogP contribution is 2.19. The Morgan fingerprint density at radius 2 is 2.50 bits per heavy atom. The molecular weight excluding hydrogens is 256 g/mol. The molecule has 1 aliphatic rings. The molecule has 0 aromatic carbocycles. The van der Waals surface area contributed by atoms with E-state index in [-0.39, 0.29) is 10.6 Å². The summed E-state index contributed by atoms with van der Waals surface area (Å²) in [6, 6.07) is 1.45. The van der Waals surface area contributed by atoms with Crippen LogP contribution in [0.15, 0.2) is 12.3 Å². The number of hydrogen-bond donors (Lipinski definition) is 2. The predicted molar refractivity (Wildman–Crippen MR) is 68.2 cm³/mol. The Labute approximate surface area is 110 Å². The van der Waals surface area contributed by atoms with Crippen molar-refractivity contribution in [3.05, 3.63) is 22.8 Å². The van der Waals surface area contributed by atoms with Crippen LogP contribution in [0.3, 0.4) is 0 Å². The van der Waals surface area contributed by atoms with Crippen molar-refractivity contribution in [2.75, 3.05) is 25.1 Å². The minimum absolute atomic E-state index is 0.0639. The largest absolute Gasteiger partial charge is 0.478 e. The first kappa shape index (κ1) is 13.1. The topological polar surface area (TPSA) is 71.5 Å². The lowest BCUT2D eigenvalue weighted by atomic mass is 10.0. The van der Waals surface area contributed by atoms with Crippen molar-refractivity contribution in [2.24, 2.45) is 5.92 Å². The van der Waals surface area contributed by atoms with Crippen LogP contribution in [0.25, 0.3) is 0 Å². The van der Waals surface area contributed by atoms with Gasteiger partial charge < -0.3 is 15.2 Å². The van der Waals surface area contributed by atoms with Crippen LogP contribution in [0.5, 0.6) is 0 Å². The lowest BCUT2D eigenvalue weighted by Crippen LogP contribution is -2.24. The van der Waals surface area contributed by atoms with E-state index in [4.69, 9.17) is 21.4 Å². The molecular formula is C12H15ClN2O3. The molecule has 0 amide bonds. The number of ether oxygens (including phenoxy) is 1. The second kappa shape index (κ2) is 6.02. The molecule has 1 aliphatic heterocycles. The molecule has 18 heavy (non-hydrogen) atoms. The molecule has 98 valence electrons. The Morgan fingerprint density at radius 3 is 3.17 bits per heavy atom. The third-order valence-electron chi connectivity index (χ3n) is 2.91. The molecule has 2 heterocycles. The van der Waals surface area contributed by atoms with E-state index in [9.17, 15) is 4.79 Å². The fourth-order valence-electron chi connectivity index (χ4n) is 1.92. The van der Waals surface area contributed by atoms with Crippen LogP contribution in [0.1, 0.15) is 23.2 Å². The summed E-state index contributed by atoms with van der Waals surface area (Å²) in [5, 5.41) is 12.2. The molecule has 6 heteroatoms. The van der Waals surface area contributed by atoms with Crippen LogP contribution in [0, 0.1) is 5.92 Å². The lowest BCUT2D eigenvalue weighted by molar-refractivity contribution is 0.0594. The van der Waals surface area contributed by atoms with E-state index in [1.165, 1.54) is 12.3 Å². The standard InChI is InChI=1S/C12H15ClN2O3/c13-10-6-15-11(4-9(10)12(16)17)14-5-8-2-1-3-18-7-8/h4,6,8H,1-3,5,7H2,(H,14,15)(H,16,17). The number of carboxylic acid groups (broad SMARTS) is 1. The normalized spacial score (nSPS) is 19.5. The highest BCUT2D eigenvalue weighted by atomic mass is 35.5. The maximum Gasteiger partial charge on any atom is 0.337 e. The van der Waals surface area contributed by atoms with Crippen molar-refractivity contribution < 1.29 is 14.6 Å². The van der Waals surface area contributed by atoms with Crippen LogP contribution in [0.2, 0.25) is 5.02 Å². The fourth-order valence-corrected chi connectivity index (χ4v) is 2.10.